The first-order chi connectivity index (χ1) is 13.0. The Morgan fingerprint density at radius 3 is 2.56 bits per heavy atom. The molecule has 1 amide bonds. The average molecular weight is 365 g/mol. The minimum absolute atomic E-state index is 0.0769. The number of ether oxygens (including phenoxy) is 1. The highest BCUT2D eigenvalue weighted by molar-refractivity contribution is 5.97. The number of hydrogen-bond donors (Lipinski definition) is 1. The van der Waals surface area contributed by atoms with Crippen molar-refractivity contribution in [2.45, 2.75) is 34.1 Å². The summed E-state index contributed by atoms with van der Waals surface area (Å²) in [6, 6.07) is 12.2. The van der Waals surface area contributed by atoms with Crippen LogP contribution in [0.4, 0.5) is 0 Å². The van der Waals surface area contributed by atoms with Crippen LogP contribution >= 0.6 is 0 Å². The summed E-state index contributed by atoms with van der Waals surface area (Å²) < 4.78 is 7.43. The van der Waals surface area contributed by atoms with E-state index in [1.165, 1.54) is 11.1 Å². The first kappa shape index (κ1) is 19.1. The smallest absolute Gasteiger partial charge is 0.251 e. The molecule has 0 unspecified atom stereocenters. The average Bonchev–Trinajstić information content (AvgIpc) is 2.95. The molecule has 0 atom stereocenters. The van der Waals surface area contributed by atoms with Crippen molar-refractivity contribution in [3.8, 4) is 5.69 Å². The number of nitrogens with zero attached hydrogens (tertiary/aromatic N) is 2. The van der Waals surface area contributed by atoms with E-state index in [1.807, 2.05) is 32.0 Å². The van der Waals surface area contributed by atoms with Crippen LogP contribution in [0.5, 0.6) is 0 Å². The number of aromatic nitrogens is 2. The molecule has 1 heterocycles. The number of aryl methyl sites for hydroxylation is 3. The summed E-state index contributed by atoms with van der Waals surface area (Å²) in [4.78, 5) is 17.1. The van der Waals surface area contributed by atoms with Gasteiger partial charge >= 0.3 is 0 Å². The van der Waals surface area contributed by atoms with E-state index in [9.17, 15) is 4.79 Å². The maximum absolute atomic E-state index is 12.4. The van der Waals surface area contributed by atoms with E-state index < -0.39 is 0 Å². The molecule has 0 radical (unpaired) electrons. The number of hydrogen-bond acceptors (Lipinski definition) is 3. The van der Waals surface area contributed by atoms with E-state index in [2.05, 4.69) is 46.9 Å². The third kappa shape index (κ3) is 4.37. The first-order valence-electron chi connectivity index (χ1n) is 9.43. The largest absolute Gasteiger partial charge is 0.382 e. The third-order valence-electron chi connectivity index (χ3n) is 4.50. The van der Waals surface area contributed by atoms with Gasteiger partial charge in [-0.05, 0) is 75.6 Å². The predicted molar refractivity (Wildman–Crippen MR) is 109 cm³/mol. The molecule has 0 spiro atoms. The lowest BCUT2D eigenvalue weighted by molar-refractivity contribution is 0.0944. The summed E-state index contributed by atoms with van der Waals surface area (Å²) in [5.41, 5.74) is 5.99. The molecule has 0 aliphatic rings. The fraction of sp³-hybridized carbons (Fsp3) is 0.364. The van der Waals surface area contributed by atoms with Gasteiger partial charge in [-0.2, -0.15) is 0 Å². The van der Waals surface area contributed by atoms with Crippen molar-refractivity contribution in [3.05, 3.63) is 58.9 Å². The van der Waals surface area contributed by atoms with Gasteiger partial charge in [0.15, 0.2) is 0 Å². The van der Waals surface area contributed by atoms with Crippen molar-refractivity contribution in [1.82, 2.24) is 14.9 Å². The molecule has 1 N–H and O–H groups in total. The van der Waals surface area contributed by atoms with Crippen LogP contribution in [0.3, 0.4) is 0 Å². The molecule has 5 heteroatoms. The van der Waals surface area contributed by atoms with E-state index in [0.717, 1.165) is 29.0 Å². The number of amides is 1. The van der Waals surface area contributed by atoms with Crippen molar-refractivity contribution in [1.29, 1.82) is 0 Å². The van der Waals surface area contributed by atoms with Gasteiger partial charge < -0.3 is 10.1 Å². The fourth-order valence-corrected chi connectivity index (χ4v) is 3.37. The molecule has 27 heavy (non-hydrogen) atoms. The molecule has 1 aromatic heterocycles. The highest BCUT2D eigenvalue weighted by Gasteiger charge is 2.13. The Morgan fingerprint density at radius 1 is 1.11 bits per heavy atom. The quantitative estimate of drug-likeness (QED) is 0.641. The van der Waals surface area contributed by atoms with Gasteiger partial charge in [0, 0.05) is 31.0 Å². The zero-order chi connectivity index (χ0) is 19.4. The molecule has 0 saturated carbocycles. The van der Waals surface area contributed by atoms with Crippen molar-refractivity contribution in [3.63, 3.8) is 0 Å². The van der Waals surface area contributed by atoms with E-state index in [0.29, 0.717) is 25.3 Å². The number of imidazole rings is 1. The SMILES string of the molecule is CCOCCCNC(=O)c1ccc2c(c1)nc(C)n2-c1cc(C)cc(C)c1. The Morgan fingerprint density at radius 2 is 1.85 bits per heavy atom. The Labute approximate surface area is 160 Å². The summed E-state index contributed by atoms with van der Waals surface area (Å²) in [6.45, 7) is 10.1. The predicted octanol–water partition coefficient (Wildman–Crippen LogP) is 4.11. The van der Waals surface area contributed by atoms with Crippen LogP contribution in [0.15, 0.2) is 36.4 Å². The van der Waals surface area contributed by atoms with E-state index in [-0.39, 0.29) is 5.91 Å². The maximum Gasteiger partial charge on any atom is 0.251 e. The Kier molecular flexibility index (Phi) is 5.91. The molecule has 0 aliphatic heterocycles. The molecule has 0 bridgehead atoms. The third-order valence-corrected chi connectivity index (χ3v) is 4.50. The van der Waals surface area contributed by atoms with Gasteiger partial charge in [0.2, 0.25) is 0 Å². The van der Waals surface area contributed by atoms with Gasteiger partial charge in [0.05, 0.1) is 11.0 Å². The first-order valence-corrected chi connectivity index (χ1v) is 9.43. The van der Waals surface area contributed by atoms with Crippen LogP contribution in [-0.2, 0) is 4.74 Å². The molecule has 0 saturated heterocycles. The van der Waals surface area contributed by atoms with Gasteiger partial charge in [0.1, 0.15) is 5.82 Å². The number of benzene rings is 2. The van der Waals surface area contributed by atoms with Crippen molar-refractivity contribution in [2.75, 3.05) is 19.8 Å². The summed E-state index contributed by atoms with van der Waals surface area (Å²) >= 11 is 0. The minimum Gasteiger partial charge on any atom is -0.382 e. The Balaban J connectivity index is 1.84. The summed E-state index contributed by atoms with van der Waals surface area (Å²) in [7, 11) is 0. The maximum atomic E-state index is 12.4. The molecular weight excluding hydrogens is 338 g/mol. The zero-order valence-electron chi connectivity index (χ0n) is 16.5. The number of carbonyl (C=O) groups is 1. The molecule has 3 aromatic rings. The molecule has 0 aliphatic carbocycles. The lowest BCUT2D eigenvalue weighted by atomic mass is 10.1. The van der Waals surface area contributed by atoms with Gasteiger partial charge in [-0.25, -0.2) is 4.98 Å². The topological polar surface area (TPSA) is 56.1 Å². The number of fused-ring (bicyclic) bond motifs is 1. The van der Waals surface area contributed by atoms with Crippen LogP contribution in [0, 0.1) is 20.8 Å². The normalized spacial score (nSPS) is 11.1. The number of carbonyl (C=O) groups excluding carboxylic acids is 1. The summed E-state index contributed by atoms with van der Waals surface area (Å²) in [6.07, 6.45) is 0.808. The second kappa shape index (κ2) is 8.35. The standard InChI is InChI=1S/C22H27N3O2/c1-5-27-10-6-9-23-22(26)18-7-8-21-20(14-18)24-17(4)25(21)19-12-15(2)11-16(3)13-19/h7-8,11-14H,5-6,9-10H2,1-4H3,(H,23,26). The lowest BCUT2D eigenvalue weighted by Gasteiger charge is -2.10. The molecule has 2 aromatic carbocycles. The van der Waals surface area contributed by atoms with Crippen LogP contribution < -0.4 is 5.32 Å². The summed E-state index contributed by atoms with van der Waals surface area (Å²) in [5.74, 6) is 0.830. The number of nitrogens with one attached hydrogen (secondary N) is 1. The summed E-state index contributed by atoms with van der Waals surface area (Å²) in [5, 5.41) is 2.94. The monoisotopic (exact) mass is 365 g/mol. The molecule has 5 nitrogen and oxygen atoms in total. The zero-order valence-corrected chi connectivity index (χ0v) is 16.5. The lowest BCUT2D eigenvalue weighted by Crippen LogP contribution is -2.25. The molecule has 0 fully saturated rings. The van der Waals surface area contributed by atoms with E-state index >= 15 is 0 Å². The second-order valence-electron chi connectivity index (χ2n) is 6.85. The van der Waals surface area contributed by atoms with Crippen LogP contribution in [-0.4, -0.2) is 35.2 Å². The highest BCUT2D eigenvalue weighted by atomic mass is 16.5. The van der Waals surface area contributed by atoms with Crippen LogP contribution in [0.25, 0.3) is 16.7 Å². The van der Waals surface area contributed by atoms with Crippen LogP contribution in [0.2, 0.25) is 0 Å². The van der Waals surface area contributed by atoms with E-state index in [4.69, 9.17) is 4.74 Å². The van der Waals surface area contributed by atoms with Crippen molar-refractivity contribution in [2.24, 2.45) is 0 Å². The van der Waals surface area contributed by atoms with Gasteiger partial charge in [0.25, 0.3) is 5.91 Å². The van der Waals surface area contributed by atoms with Gasteiger partial charge in [-0.15, -0.1) is 0 Å². The van der Waals surface area contributed by atoms with Crippen LogP contribution in [0.1, 0.15) is 40.7 Å². The van der Waals surface area contributed by atoms with Gasteiger partial charge in [-0.3, -0.25) is 9.36 Å². The Hall–Kier alpha value is -2.66. The van der Waals surface area contributed by atoms with Gasteiger partial charge in [-0.1, -0.05) is 6.07 Å². The molecule has 3 rings (SSSR count). The highest BCUT2D eigenvalue weighted by Crippen LogP contribution is 2.24. The second-order valence-corrected chi connectivity index (χ2v) is 6.85. The van der Waals surface area contributed by atoms with E-state index in [1.54, 1.807) is 0 Å². The van der Waals surface area contributed by atoms with Crippen molar-refractivity contribution < 1.29 is 9.53 Å². The van der Waals surface area contributed by atoms with Crippen molar-refractivity contribution >= 4 is 16.9 Å². The molecular formula is C22H27N3O2. The molecule has 142 valence electrons. The fourth-order valence-electron chi connectivity index (χ4n) is 3.37. The Bertz CT molecular complexity index is 939. The minimum atomic E-state index is -0.0769. The number of rotatable bonds is 7.